The molecule has 0 atom stereocenters. The van der Waals surface area contributed by atoms with Crippen molar-refractivity contribution < 1.29 is 14.0 Å². The van der Waals surface area contributed by atoms with Crippen LogP contribution in [0.3, 0.4) is 0 Å². The van der Waals surface area contributed by atoms with E-state index >= 15 is 0 Å². The maximum absolute atomic E-state index is 13.3. The Morgan fingerprint density at radius 3 is 2.19 bits per heavy atom. The number of amides is 2. The molecule has 3 aromatic carbocycles. The van der Waals surface area contributed by atoms with E-state index in [1.807, 2.05) is 58.3 Å². The Labute approximate surface area is 208 Å². The predicted molar refractivity (Wildman–Crippen MR) is 135 cm³/mol. The van der Waals surface area contributed by atoms with E-state index < -0.39 is 0 Å². The van der Waals surface area contributed by atoms with Crippen LogP contribution in [-0.2, 0) is 0 Å². The van der Waals surface area contributed by atoms with Crippen molar-refractivity contribution in [2.24, 2.45) is 0 Å². The Bertz CT molecular complexity index is 1410. The number of benzene rings is 3. The summed E-state index contributed by atoms with van der Waals surface area (Å²) < 4.78 is 15.0. The first-order valence-electron chi connectivity index (χ1n) is 12.2. The Hall–Kier alpha value is -4.04. The van der Waals surface area contributed by atoms with Gasteiger partial charge in [-0.05, 0) is 54.6 Å². The second kappa shape index (κ2) is 9.20. The van der Waals surface area contributed by atoms with E-state index in [0.717, 1.165) is 35.2 Å². The van der Waals surface area contributed by atoms with Gasteiger partial charge in [0.25, 0.3) is 11.8 Å². The lowest BCUT2D eigenvalue weighted by Gasteiger charge is -2.48. The quantitative estimate of drug-likeness (QED) is 0.446. The number of likely N-dealkylation sites (tertiary alicyclic amines) is 1. The van der Waals surface area contributed by atoms with Gasteiger partial charge in [0.05, 0.1) is 17.4 Å². The molecule has 0 radical (unpaired) electrons. The van der Waals surface area contributed by atoms with E-state index in [9.17, 15) is 14.0 Å². The summed E-state index contributed by atoms with van der Waals surface area (Å²) in [7, 11) is 0. The van der Waals surface area contributed by atoms with Gasteiger partial charge in [-0.25, -0.2) is 9.07 Å². The molecule has 0 aliphatic carbocycles. The van der Waals surface area contributed by atoms with E-state index in [2.05, 4.69) is 10.00 Å². The first-order chi connectivity index (χ1) is 17.6. The molecule has 0 unspecified atom stereocenters. The number of carbonyl (C=O) groups is 2. The zero-order valence-electron chi connectivity index (χ0n) is 19.8. The maximum Gasteiger partial charge on any atom is 0.253 e. The lowest BCUT2D eigenvalue weighted by molar-refractivity contribution is 0.00854. The van der Waals surface area contributed by atoms with Crippen LogP contribution in [0.2, 0.25) is 0 Å². The lowest BCUT2D eigenvalue weighted by atomic mass is 10.0. The zero-order chi connectivity index (χ0) is 24.6. The van der Waals surface area contributed by atoms with E-state index in [1.165, 1.54) is 12.1 Å². The molecule has 7 nitrogen and oxygen atoms in total. The summed E-state index contributed by atoms with van der Waals surface area (Å²) in [6, 6.07) is 21.5. The third kappa shape index (κ3) is 4.13. The van der Waals surface area contributed by atoms with Gasteiger partial charge in [-0.2, -0.15) is 5.10 Å². The molecular formula is C28H26FN5O2. The van der Waals surface area contributed by atoms with E-state index in [0.29, 0.717) is 37.8 Å². The van der Waals surface area contributed by atoms with Crippen LogP contribution in [0.15, 0.2) is 79.0 Å². The van der Waals surface area contributed by atoms with Gasteiger partial charge < -0.3 is 9.80 Å². The predicted octanol–water partition coefficient (Wildman–Crippen LogP) is 3.45. The van der Waals surface area contributed by atoms with Gasteiger partial charge in [-0.3, -0.25) is 14.5 Å². The van der Waals surface area contributed by atoms with Crippen molar-refractivity contribution in [3.8, 4) is 5.69 Å². The normalized spacial score (nSPS) is 16.8. The average Bonchev–Trinajstić information content (AvgIpc) is 3.32. The van der Waals surface area contributed by atoms with Crippen molar-refractivity contribution in [2.75, 3.05) is 39.3 Å². The van der Waals surface area contributed by atoms with Gasteiger partial charge >= 0.3 is 0 Å². The first kappa shape index (κ1) is 22.4. The summed E-state index contributed by atoms with van der Waals surface area (Å²) >= 11 is 0. The number of halogens is 1. The highest BCUT2D eigenvalue weighted by atomic mass is 19.1. The average molecular weight is 484 g/mol. The highest BCUT2D eigenvalue weighted by molar-refractivity contribution is 5.98. The number of carbonyl (C=O) groups excluding carboxylic acids is 2. The summed E-state index contributed by atoms with van der Waals surface area (Å²) in [5.41, 5.74) is 2.99. The van der Waals surface area contributed by atoms with Crippen LogP contribution in [0.1, 0.15) is 20.7 Å². The Morgan fingerprint density at radius 2 is 1.47 bits per heavy atom. The van der Waals surface area contributed by atoms with Crippen molar-refractivity contribution >= 4 is 22.7 Å². The molecule has 2 amide bonds. The van der Waals surface area contributed by atoms with Crippen molar-refractivity contribution in [3.63, 3.8) is 0 Å². The second-order valence-corrected chi connectivity index (χ2v) is 9.36. The third-order valence-corrected chi connectivity index (χ3v) is 7.17. The molecule has 0 saturated carbocycles. The molecule has 8 heteroatoms. The molecule has 2 aliphatic heterocycles. The van der Waals surface area contributed by atoms with Crippen LogP contribution in [0, 0.1) is 5.82 Å². The Balaban J connectivity index is 1.05. The van der Waals surface area contributed by atoms with Crippen molar-refractivity contribution in [1.29, 1.82) is 0 Å². The first-order valence-corrected chi connectivity index (χ1v) is 12.2. The summed E-state index contributed by atoms with van der Waals surface area (Å²) in [6.45, 7) is 4.43. The third-order valence-electron chi connectivity index (χ3n) is 7.17. The number of nitrogens with zero attached hydrogens (tertiary/aromatic N) is 5. The minimum atomic E-state index is -0.293. The molecule has 2 fully saturated rings. The molecule has 2 saturated heterocycles. The van der Waals surface area contributed by atoms with Gasteiger partial charge in [0.2, 0.25) is 0 Å². The molecule has 0 spiro atoms. The fourth-order valence-corrected chi connectivity index (χ4v) is 5.04. The summed E-state index contributed by atoms with van der Waals surface area (Å²) in [4.78, 5) is 31.9. The largest absolute Gasteiger partial charge is 0.336 e. The van der Waals surface area contributed by atoms with E-state index in [-0.39, 0.29) is 17.6 Å². The number of rotatable bonds is 4. The van der Waals surface area contributed by atoms with Crippen LogP contribution < -0.4 is 0 Å². The van der Waals surface area contributed by atoms with Gasteiger partial charge in [-0.15, -0.1) is 0 Å². The van der Waals surface area contributed by atoms with Crippen LogP contribution >= 0.6 is 0 Å². The van der Waals surface area contributed by atoms with E-state index in [4.69, 9.17) is 0 Å². The molecular weight excluding hydrogens is 457 g/mol. The Kier molecular flexibility index (Phi) is 5.73. The molecule has 1 aromatic heterocycles. The fraction of sp³-hybridized carbons (Fsp3) is 0.250. The number of hydrogen-bond acceptors (Lipinski definition) is 4. The molecule has 4 aromatic rings. The van der Waals surface area contributed by atoms with Crippen LogP contribution in [0.4, 0.5) is 4.39 Å². The minimum Gasteiger partial charge on any atom is -0.336 e. The molecule has 0 bridgehead atoms. The minimum absolute atomic E-state index is 0.0144. The van der Waals surface area contributed by atoms with Crippen LogP contribution in [-0.4, -0.2) is 81.6 Å². The fourth-order valence-electron chi connectivity index (χ4n) is 5.04. The molecule has 0 N–H and O–H groups in total. The smallest absolute Gasteiger partial charge is 0.253 e. The van der Waals surface area contributed by atoms with Gasteiger partial charge in [0.1, 0.15) is 5.82 Å². The second-order valence-electron chi connectivity index (χ2n) is 9.36. The van der Waals surface area contributed by atoms with Crippen molar-refractivity contribution in [2.45, 2.75) is 6.04 Å². The summed E-state index contributed by atoms with van der Waals surface area (Å²) in [5, 5.41) is 5.28. The maximum atomic E-state index is 13.3. The number of hydrogen-bond donors (Lipinski definition) is 0. The standard InChI is InChI=1S/C28H26FN5O2/c29-23-7-9-24(10-8-23)34-26-11-6-21(16-22(26)17-30-34)28(36)33-18-25(19-33)31-12-14-32(15-13-31)27(35)20-4-2-1-3-5-20/h1-11,16-17,25H,12-15,18-19H2. The summed E-state index contributed by atoms with van der Waals surface area (Å²) in [5.74, 6) is -0.196. The van der Waals surface area contributed by atoms with Crippen molar-refractivity contribution in [3.05, 3.63) is 95.9 Å². The monoisotopic (exact) mass is 483 g/mol. The highest BCUT2D eigenvalue weighted by Gasteiger charge is 2.37. The molecule has 2 aliphatic rings. The highest BCUT2D eigenvalue weighted by Crippen LogP contribution is 2.24. The van der Waals surface area contributed by atoms with Crippen molar-refractivity contribution in [1.82, 2.24) is 24.5 Å². The number of fused-ring (bicyclic) bond motifs is 1. The molecule has 36 heavy (non-hydrogen) atoms. The SMILES string of the molecule is O=C(c1ccccc1)N1CCN(C2CN(C(=O)c3ccc4c(cnn4-c4ccc(F)cc4)c3)C2)CC1. The van der Waals surface area contributed by atoms with Gasteiger partial charge in [-0.1, -0.05) is 18.2 Å². The van der Waals surface area contributed by atoms with Gasteiger partial charge in [0, 0.05) is 61.8 Å². The molecule has 182 valence electrons. The summed E-state index contributed by atoms with van der Waals surface area (Å²) in [6.07, 6.45) is 1.73. The number of piperazine rings is 1. The molecule has 6 rings (SSSR count). The topological polar surface area (TPSA) is 61.7 Å². The van der Waals surface area contributed by atoms with Crippen LogP contribution in [0.25, 0.3) is 16.6 Å². The number of aromatic nitrogens is 2. The van der Waals surface area contributed by atoms with Crippen LogP contribution in [0.5, 0.6) is 0 Å². The Morgan fingerprint density at radius 1 is 0.778 bits per heavy atom. The zero-order valence-corrected chi connectivity index (χ0v) is 19.8. The molecule has 3 heterocycles. The van der Waals surface area contributed by atoms with E-state index in [1.54, 1.807) is 23.0 Å². The van der Waals surface area contributed by atoms with Gasteiger partial charge in [0.15, 0.2) is 0 Å². The lowest BCUT2D eigenvalue weighted by Crippen LogP contribution is -2.64.